The second-order valence-corrected chi connectivity index (χ2v) is 9.18. The number of ether oxygens (including phenoxy) is 1. The highest BCUT2D eigenvalue weighted by atomic mass is 19.4. The Hall–Kier alpha value is -4.07. The number of rotatable bonds is 11. The molecule has 1 aliphatic heterocycles. The summed E-state index contributed by atoms with van der Waals surface area (Å²) in [6.45, 7) is 0.178. The first-order valence-electron chi connectivity index (χ1n) is 11.5. The van der Waals surface area contributed by atoms with Gasteiger partial charge < -0.3 is 15.2 Å². The molecule has 0 amide bonds. The minimum Gasteiger partial charge on any atom is -0.478 e. The second kappa shape index (κ2) is 11.5. The lowest BCUT2D eigenvalue weighted by atomic mass is 9.80. The number of nitrogens with zero attached hydrogens (tertiary/aromatic N) is 1. The van der Waals surface area contributed by atoms with Crippen molar-refractivity contribution in [3.8, 4) is 0 Å². The summed E-state index contributed by atoms with van der Waals surface area (Å²) < 4.78 is 177. The zero-order valence-electron chi connectivity index (χ0n) is 21.7. The van der Waals surface area contributed by atoms with E-state index in [2.05, 4.69) is 10.1 Å². The van der Waals surface area contributed by atoms with Crippen LogP contribution in [0, 0.1) is 10.1 Å². The average molecular weight is 664 g/mol. The van der Waals surface area contributed by atoms with E-state index in [1.165, 1.54) is 6.92 Å². The van der Waals surface area contributed by atoms with Gasteiger partial charge >= 0.3 is 47.7 Å². The molecule has 8 nitrogen and oxygen atoms in total. The lowest BCUT2D eigenvalue weighted by molar-refractivity contribution is -0.440. The van der Waals surface area contributed by atoms with Crippen LogP contribution in [-0.4, -0.2) is 64.4 Å². The number of dihydropyridines is 1. The van der Waals surface area contributed by atoms with Gasteiger partial charge in [0, 0.05) is 23.5 Å². The molecule has 0 saturated heterocycles. The predicted molar refractivity (Wildman–Crippen MR) is 118 cm³/mol. The van der Waals surface area contributed by atoms with Crippen LogP contribution in [0.5, 0.6) is 0 Å². The molecule has 0 aromatic heterocycles. The first-order chi connectivity index (χ1) is 19.7. The number of alkyl halides is 13. The summed E-state index contributed by atoms with van der Waals surface area (Å²) in [5.41, 5.74) is -2.77. The Morgan fingerprint density at radius 2 is 1.36 bits per heavy atom. The highest BCUT2D eigenvalue weighted by Crippen LogP contribution is 2.60. The lowest BCUT2D eigenvalue weighted by Crippen LogP contribution is -2.70. The lowest BCUT2D eigenvalue weighted by Gasteiger charge is -2.39. The van der Waals surface area contributed by atoms with Gasteiger partial charge in [-0.3, -0.25) is 10.1 Å². The largest absolute Gasteiger partial charge is 0.478 e. The van der Waals surface area contributed by atoms with E-state index in [1.807, 2.05) is 0 Å². The SMILES string of the molecule is CC1=C(C(=O)O)C(c2cccc([N+](=O)[O-])c2)C(C(=O)OCCC(F)(F)C(F)(F)C(F)(F)C(F)(F)C(F)(F)C(F)(F)F)=C(C)N1. The molecule has 246 valence electrons. The molecule has 0 spiro atoms. The van der Waals surface area contributed by atoms with Gasteiger partial charge in [-0.05, 0) is 19.4 Å². The molecular formula is C23H17F13N2O6. The number of hydrogen-bond donors (Lipinski definition) is 2. The minimum absolute atomic E-state index is 0.145. The van der Waals surface area contributed by atoms with Crippen molar-refractivity contribution >= 4 is 17.6 Å². The fourth-order valence-corrected chi connectivity index (χ4v) is 4.01. The number of carboxylic acids is 1. The number of nitro groups is 1. The normalized spacial score (nSPS) is 17.4. The topological polar surface area (TPSA) is 119 Å². The monoisotopic (exact) mass is 664 g/mol. The molecule has 2 rings (SSSR count). The molecule has 1 unspecified atom stereocenters. The maximum atomic E-state index is 14.1. The molecule has 1 aromatic carbocycles. The third kappa shape index (κ3) is 5.86. The van der Waals surface area contributed by atoms with Crippen molar-refractivity contribution in [1.82, 2.24) is 5.32 Å². The van der Waals surface area contributed by atoms with E-state index in [0.29, 0.717) is 0 Å². The Balaban J connectivity index is 2.42. The second-order valence-electron chi connectivity index (χ2n) is 9.18. The van der Waals surface area contributed by atoms with Crippen molar-refractivity contribution in [3.63, 3.8) is 0 Å². The predicted octanol–water partition coefficient (Wildman–Crippen LogP) is 6.59. The van der Waals surface area contributed by atoms with Gasteiger partial charge in [0.2, 0.25) is 0 Å². The number of benzene rings is 1. The number of allylic oxidation sites excluding steroid dienone is 2. The first kappa shape index (κ1) is 36.1. The fourth-order valence-electron chi connectivity index (χ4n) is 4.01. The molecule has 44 heavy (non-hydrogen) atoms. The van der Waals surface area contributed by atoms with Crippen molar-refractivity contribution in [2.75, 3.05) is 6.61 Å². The van der Waals surface area contributed by atoms with E-state index >= 15 is 0 Å². The zero-order valence-corrected chi connectivity index (χ0v) is 21.7. The van der Waals surface area contributed by atoms with E-state index < -0.39 is 88.4 Å². The van der Waals surface area contributed by atoms with E-state index in [0.717, 1.165) is 31.2 Å². The Bertz CT molecular complexity index is 1400. The van der Waals surface area contributed by atoms with Gasteiger partial charge in [0.25, 0.3) is 5.69 Å². The van der Waals surface area contributed by atoms with Gasteiger partial charge in [-0.15, -0.1) is 0 Å². The van der Waals surface area contributed by atoms with E-state index in [1.54, 1.807) is 0 Å². The molecule has 1 atom stereocenters. The molecule has 0 saturated carbocycles. The number of non-ortho nitro benzene ring substituents is 1. The Morgan fingerprint density at radius 1 is 0.864 bits per heavy atom. The molecule has 1 heterocycles. The zero-order chi connectivity index (χ0) is 34.4. The van der Waals surface area contributed by atoms with Crippen LogP contribution in [-0.2, 0) is 14.3 Å². The van der Waals surface area contributed by atoms with Gasteiger partial charge in [0.1, 0.15) is 0 Å². The Kier molecular flexibility index (Phi) is 9.40. The maximum Gasteiger partial charge on any atom is 0.460 e. The number of hydrogen-bond acceptors (Lipinski definition) is 6. The van der Waals surface area contributed by atoms with Crippen molar-refractivity contribution in [2.24, 2.45) is 0 Å². The average Bonchev–Trinajstić information content (AvgIpc) is 2.86. The quantitative estimate of drug-likeness (QED) is 0.119. The third-order valence-corrected chi connectivity index (χ3v) is 6.27. The summed E-state index contributed by atoms with van der Waals surface area (Å²) >= 11 is 0. The van der Waals surface area contributed by atoms with Crippen molar-refractivity contribution in [1.29, 1.82) is 0 Å². The van der Waals surface area contributed by atoms with E-state index in [9.17, 15) is 81.9 Å². The molecule has 2 N–H and O–H groups in total. The summed E-state index contributed by atoms with van der Waals surface area (Å²) in [6.07, 6.45) is -10.4. The number of nitrogens with one attached hydrogen (secondary N) is 1. The van der Waals surface area contributed by atoms with Gasteiger partial charge in [-0.25, -0.2) is 9.59 Å². The van der Waals surface area contributed by atoms with Crippen LogP contribution in [0.3, 0.4) is 0 Å². The van der Waals surface area contributed by atoms with Gasteiger partial charge in [0.15, 0.2) is 0 Å². The standard InChI is InChI=1S/C23H17F13N2O6/c1-9-13(16(39)40)15(11-4-3-5-12(8-11)38(42)43)14(10(2)37-9)17(41)44-7-6-18(24,25)19(26,27)20(28,29)21(30,31)22(32,33)23(34,35)36/h3-5,8,15,37H,6-7H2,1-2H3,(H,39,40). The van der Waals surface area contributed by atoms with Crippen LogP contribution in [0.15, 0.2) is 46.8 Å². The summed E-state index contributed by atoms with van der Waals surface area (Å²) in [4.78, 5) is 35.1. The fraction of sp³-hybridized carbons (Fsp3) is 0.478. The number of carboxylic acid groups (broad SMARTS) is 1. The van der Waals surface area contributed by atoms with E-state index in [4.69, 9.17) is 0 Å². The van der Waals surface area contributed by atoms with Crippen LogP contribution in [0.25, 0.3) is 0 Å². The van der Waals surface area contributed by atoms with Crippen LogP contribution >= 0.6 is 0 Å². The summed E-state index contributed by atoms with van der Waals surface area (Å²) in [5, 5.41) is 23.3. The third-order valence-electron chi connectivity index (χ3n) is 6.27. The first-order valence-corrected chi connectivity index (χ1v) is 11.5. The van der Waals surface area contributed by atoms with Gasteiger partial charge in [-0.2, -0.15) is 57.1 Å². The smallest absolute Gasteiger partial charge is 0.460 e. The van der Waals surface area contributed by atoms with E-state index in [-0.39, 0.29) is 17.0 Å². The molecule has 1 aromatic rings. The van der Waals surface area contributed by atoms with Crippen molar-refractivity contribution in [3.05, 3.63) is 62.5 Å². The number of esters is 1. The Labute approximate surface area is 236 Å². The Morgan fingerprint density at radius 3 is 1.84 bits per heavy atom. The highest BCUT2D eigenvalue weighted by molar-refractivity contribution is 5.99. The molecular weight excluding hydrogens is 647 g/mol. The highest BCUT2D eigenvalue weighted by Gasteiger charge is 2.90. The number of aliphatic carboxylic acids is 1. The minimum atomic E-state index is -8.10. The number of carbonyl (C=O) groups excluding carboxylic acids is 1. The molecule has 1 aliphatic rings. The van der Waals surface area contributed by atoms with Gasteiger partial charge in [-0.1, -0.05) is 12.1 Å². The summed E-state index contributed by atoms with van der Waals surface area (Å²) in [6, 6.07) is 3.92. The van der Waals surface area contributed by atoms with Crippen molar-refractivity contribution < 1.29 is 81.4 Å². The maximum absolute atomic E-state index is 14.1. The van der Waals surface area contributed by atoms with Crippen LogP contribution in [0.2, 0.25) is 0 Å². The molecule has 0 bridgehead atoms. The van der Waals surface area contributed by atoms with Crippen LogP contribution < -0.4 is 5.32 Å². The molecule has 0 aliphatic carbocycles. The molecule has 0 fully saturated rings. The number of halogens is 13. The molecule has 21 heteroatoms. The van der Waals surface area contributed by atoms with Crippen LogP contribution in [0.4, 0.5) is 62.8 Å². The summed E-state index contributed by atoms with van der Waals surface area (Å²) in [5.74, 6) is -43.4. The van der Waals surface area contributed by atoms with Crippen LogP contribution in [0.1, 0.15) is 31.7 Å². The van der Waals surface area contributed by atoms with Gasteiger partial charge in [0.05, 0.1) is 35.0 Å². The van der Waals surface area contributed by atoms with Crippen molar-refractivity contribution in [2.45, 2.75) is 62.0 Å². The number of carbonyl (C=O) groups is 2. The molecule has 0 radical (unpaired) electrons. The summed E-state index contributed by atoms with van der Waals surface area (Å²) in [7, 11) is 0. The number of nitro benzene ring substituents is 1.